The first-order chi connectivity index (χ1) is 15.8. The monoisotopic (exact) mass is 474 g/mol. The fourth-order valence-electron chi connectivity index (χ4n) is 11.9. The molecule has 1 aliphatic heterocycles. The maximum absolute atomic E-state index is 12.1. The van der Waals surface area contributed by atoms with Crippen molar-refractivity contribution in [3.63, 3.8) is 0 Å². The average Bonchev–Trinajstić information content (AvgIpc) is 3.40. The molecule has 34 heavy (non-hydrogen) atoms. The third kappa shape index (κ3) is 2.55. The highest BCUT2D eigenvalue weighted by molar-refractivity contribution is 5.66. The third-order valence-electron chi connectivity index (χ3n) is 13.5. The molecule has 192 valence electrons. The molecule has 6 aliphatic rings. The maximum atomic E-state index is 12.1. The summed E-state index contributed by atoms with van der Waals surface area (Å²) in [6, 6.07) is 0. The molecule has 0 radical (unpaired) electrons. The van der Waals surface area contributed by atoms with Gasteiger partial charge in [0.2, 0.25) is 0 Å². The maximum Gasteiger partial charge on any atom is 0.303 e. The summed E-state index contributed by atoms with van der Waals surface area (Å²) < 4.78 is 6.60. The van der Waals surface area contributed by atoms with Crippen molar-refractivity contribution in [2.45, 2.75) is 123 Å². The fourth-order valence-corrected chi connectivity index (χ4v) is 11.9. The Morgan fingerprint density at radius 2 is 1.65 bits per heavy atom. The van der Waals surface area contributed by atoms with E-state index in [4.69, 9.17) is 4.74 Å². The summed E-state index contributed by atoms with van der Waals surface area (Å²) in [5.41, 5.74) is 0.524. The Kier molecular flexibility index (Phi) is 4.89. The van der Waals surface area contributed by atoms with Crippen LogP contribution in [0.2, 0.25) is 0 Å². The lowest BCUT2D eigenvalue weighted by atomic mass is 9.41. The van der Waals surface area contributed by atoms with E-state index in [1.807, 2.05) is 0 Å². The zero-order chi connectivity index (χ0) is 24.5. The van der Waals surface area contributed by atoms with E-state index in [0.29, 0.717) is 40.9 Å². The van der Waals surface area contributed by atoms with Crippen LogP contribution in [0.1, 0.15) is 98.8 Å². The summed E-state index contributed by atoms with van der Waals surface area (Å²) in [4.78, 5) is 11.2. The second-order valence-corrected chi connectivity index (χ2v) is 14.6. The Labute approximate surface area is 205 Å². The highest BCUT2D eigenvalue weighted by Gasteiger charge is 2.84. The van der Waals surface area contributed by atoms with E-state index in [-0.39, 0.29) is 41.0 Å². The van der Waals surface area contributed by atoms with E-state index in [9.17, 15) is 20.1 Å². The molecule has 5 nitrogen and oxygen atoms in total. The SMILES string of the molecule is C[C@@H]1C[C@H](CCC(=O)O)O[C@H]2C1[C@@]1(C)CC[C@@]34CC35CCC(O)C(C)(C)[C@@H]5CC[C@H]4[C@]1(C)[C@H]2O. The number of hydrogen-bond donors (Lipinski definition) is 3. The van der Waals surface area contributed by atoms with Crippen LogP contribution in [0, 0.1) is 50.7 Å². The van der Waals surface area contributed by atoms with Crippen LogP contribution in [0.15, 0.2) is 0 Å². The standard InChI is InChI=1S/C29H46O5/c1-16-14-17(6-9-21(31)32)34-23-22(16)26(4)12-13-29-15-28(29)11-10-20(30)25(2,3)18(28)7-8-19(29)27(26,5)24(23)33/h16-20,22-24,30,33H,6-15H2,1-5H3,(H,31,32)/t16-,17+,18+,19+,20?,22?,23+,24+,26-,27-,28?,29+/m1/s1. The Hall–Kier alpha value is -0.650. The largest absolute Gasteiger partial charge is 0.481 e. The van der Waals surface area contributed by atoms with Gasteiger partial charge in [-0.25, -0.2) is 0 Å². The molecular weight excluding hydrogens is 428 g/mol. The van der Waals surface area contributed by atoms with Crippen molar-refractivity contribution >= 4 is 5.97 Å². The molecule has 2 spiro atoms. The van der Waals surface area contributed by atoms with Gasteiger partial charge < -0.3 is 20.1 Å². The van der Waals surface area contributed by atoms with Gasteiger partial charge in [0, 0.05) is 11.8 Å². The lowest BCUT2D eigenvalue weighted by Crippen LogP contribution is -2.59. The number of carboxylic acid groups (broad SMARTS) is 1. The molecule has 5 saturated carbocycles. The molecular formula is C29H46O5. The van der Waals surface area contributed by atoms with Crippen LogP contribution < -0.4 is 0 Å². The van der Waals surface area contributed by atoms with Gasteiger partial charge in [-0.1, -0.05) is 34.6 Å². The number of carbonyl (C=O) groups is 1. The van der Waals surface area contributed by atoms with Gasteiger partial charge in [0.15, 0.2) is 0 Å². The Balaban J connectivity index is 1.34. The highest BCUT2D eigenvalue weighted by atomic mass is 16.5. The molecule has 0 aromatic rings. The second-order valence-electron chi connectivity index (χ2n) is 14.6. The average molecular weight is 475 g/mol. The van der Waals surface area contributed by atoms with Crippen LogP contribution in [-0.2, 0) is 9.53 Å². The fraction of sp³-hybridized carbons (Fsp3) is 0.966. The molecule has 3 unspecified atom stereocenters. The number of aliphatic carboxylic acids is 1. The van der Waals surface area contributed by atoms with E-state index in [2.05, 4.69) is 34.6 Å². The molecule has 12 atom stereocenters. The molecule has 0 bridgehead atoms. The number of aliphatic hydroxyl groups is 2. The van der Waals surface area contributed by atoms with Crippen LogP contribution >= 0.6 is 0 Å². The molecule has 6 rings (SSSR count). The highest BCUT2D eigenvalue weighted by Crippen LogP contribution is 2.89. The number of rotatable bonds is 3. The topological polar surface area (TPSA) is 87.0 Å². The Bertz CT molecular complexity index is 886. The van der Waals surface area contributed by atoms with E-state index in [0.717, 1.165) is 32.1 Å². The minimum absolute atomic E-state index is 0.0222. The van der Waals surface area contributed by atoms with Crippen LogP contribution in [-0.4, -0.2) is 45.7 Å². The summed E-state index contributed by atoms with van der Waals surface area (Å²) in [6.07, 6.45) is 8.76. The number of fused-ring (bicyclic) bond motifs is 4. The first-order valence-corrected chi connectivity index (χ1v) is 14.1. The quantitative estimate of drug-likeness (QED) is 0.534. The van der Waals surface area contributed by atoms with Crippen molar-refractivity contribution in [1.29, 1.82) is 0 Å². The first-order valence-electron chi connectivity index (χ1n) is 14.1. The summed E-state index contributed by atoms with van der Waals surface area (Å²) in [7, 11) is 0. The normalized spacial score (nSPS) is 59.1. The summed E-state index contributed by atoms with van der Waals surface area (Å²) in [6.45, 7) is 11.8. The molecule has 3 N–H and O–H groups in total. The number of ether oxygens (including phenoxy) is 1. The van der Waals surface area contributed by atoms with Crippen LogP contribution in [0.3, 0.4) is 0 Å². The van der Waals surface area contributed by atoms with Crippen molar-refractivity contribution < 1.29 is 24.9 Å². The molecule has 1 saturated heterocycles. The van der Waals surface area contributed by atoms with Crippen molar-refractivity contribution in [2.75, 3.05) is 0 Å². The number of aliphatic hydroxyl groups excluding tert-OH is 2. The van der Waals surface area contributed by atoms with E-state index in [1.54, 1.807) is 0 Å². The van der Waals surface area contributed by atoms with Gasteiger partial charge in [-0.05, 0) is 103 Å². The summed E-state index contributed by atoms with van der Waals surface area (Å²) >= 11 is 0. The van der Waals surface area contributed by atoms with E-state index in [1.165, 1.54) is 19.3 Å². The molecule has 1 heterocycles. The predicted molar refractivity (Wildman–Crippen MR) is 129 cm³/mol. The lowest BCUT2D eigenvalue weighted by Gasteiger charge is -2.63. The van der Waals surface area contributed by atoms with Gasteiger partial charge in [-0.2, -0.15) is 0 Å². The van der Waals surface area contributed by atoms with Crippen molar-refractivity contribution in [3.8, 4) is 0 Å². The van der Waals surface area contributed by atoms with Gasteiger partial charge in [-0.3, -0.25) is 4.79 Å². The lowest BCUT2D eigenvalue weighted by molar-refractivity contribution is -0.182. The molecule has 0 aromatic carbocycles. The number of carboxylic acids is 1. The minimum atomic E-state index is -0.767. The van der Waals surface area contributed by atoms with Crippen LogP contribution in [0.25, 0.3) is 0 Å². The van der Waals surface area contributed by atoms with Gasteiger partial charge in [-0.15, -0.1) is 0 Å². The van der Waals surface area contributed by atoms with Crippen molar-refractivity contribution in [1.82, 2.24) is 0 Å². The predicted octanol–water partition coefficient (Wildman–Crippen LogP) is 5.03. The zero-order valence-electron chi connectivity index (χ0n) is 21.8. The Morgan fingerprint density at radius 1 is 0.971 bits per heavy atom. The Morgan fingerprint density at radius 3 is 2.35 bits per heavy atom. The van der Waals surface area contributed by atoms with E-state index >= 15 is 0 Å². The molecule has 5 aliphatic carbocycles. The number of hydrogen-bond acceptors (Lipinski definition) is 4. The van der Waals surface area contributed by atoms with Gasteiger partial charge >= 0.3 is 5.97 Å². The summed E-state index contributed by atoms with van der Waals surface area (Å²) in [5, 5.41) is 32.1. The second kappa shape index (κ2) is 7.01. The molecule has 0 amide bonds. The van der Waals surface area contributed by atoms with Crippen molar-refractivity contribution in [3.05, 3.63) is 0 Å². The van der Waals surface area contributed by atoms with Crippen LogP contribution in [0.4, 0.5) is 0 Å². The summed E-state index contributed by atoms with van der Waals surface area (Å²) in [5.74, 6) is 1.10. The smallest absolute Gasteiger partial charge is 0.303 e. The minimum Gasteiger partial charge on any atom is -0.481 e. The van der Waals surface area contributed by atoms with Gasteiger partial charge in [0.05, 0.1) is 24.4 Å². The van der Waals surface area contributed by atoms with Gasteiger partial charge in [0.1, 0.15) is 0 Å². The zero-order valence-corrected chi connectivity index (χ0v) is 21.8. The van der Waals surface area contributed by atoms with E-state index < -0.39 is 12.1 Å². The third-order valence-corrected chi connectivity index (χ3v) is 13.5. The molecule has 6 fully saturated rings. The van der Waals surface area contributed by atoms with Gasteiger partial charge in [0.25, 0.3) is 0 Å². The molecule has 5 heteroatoms. The van der Waals surface area contributed by atoms with Crippen molar-refractivity contribution in [2.24, 2.45) is 50.7 Å². The molecule has 0 aromatic heterocycles. The first kappa shape index (κ1) is 23.7. The van der Waals surface area contributed by atoms with Crippen LogP contribution in [0.5, 0.6) is 0 Å².